The normalized spacial score (nSPS) is 16.2. The molecule has 0 spiro atoms. The molecule has 1 fully saturated rings. The van der Waals surface area contributed by atoms with Crippen molar-refractivity contribution in [2.75, 3.05) is 39.1 Å². The molecular formula is C28H29NO2S. The van der Waals surface area contributed by atoms with Crippen LogP contribution in [-0.4, -0.2) is 44.0 Å². The molecule has 3 aromatic rings. The number of hydrogen-bond donors (Lipinski definition) is 0. The molecule has 1 saturated heterocycles. The van der Waals surface area contributed by atoms with Gasteiger partial charge in [0.1, 0.15) is 18.1 Å². The smallest absolute Gasteiger partial charge is 0.120 e. The van der Waals surface area contributed by atoms with Gasteiger partial charge in [-0.25, -0.2) is 0 Å². The summed E-state index contributed by atoms with van der Waals surface area (Å²) in [6.07, 6.45) is 2.64. The molecule has 0 radical (unpaired) electrons. The fourth-order valence-corrected chi connectivity index (χ4v) is 5.69. The predicted molar refractivity (Wildman–Crippen MR) is 134 cm³/mol. The van der Waals surface area contributed by atoms with Crippen LogP contribution in [0, 0.1) is 0 Å². The van der Waals surface area contributed by atoms with E-state index in [4.69, 9.17) is 9.47 Å². The van der Waals surface area contributed by atoms with Gasteiger partial charge in [0.15, 0.2) is 0 Å². The van der Waals surface area contributed by atoms with Gasteiger partial charge in [-0.3, -0.25) is 4.90 Å². The largest absolute Gasteiger partial charge is 0.497 e. The molecule has 4 heteroatoms. The predicted octanol–water partition coefficient (Wildman–Crippen LogP) is 6.23. The molecule has 5 rings (SSSR count). The first-order chi connectivity index (χ1) is 15.8. The van der Waals surface area contributed by atoms with E-state index in [1.807, 2.05) is 11.8 Å². The van der Waals surface area contributed by atoms with Crippen molar-refractivity contribution in [1.29, 1.82) is 0 Å². The maximum Gasteiger partial charge on any atom is 0.120 e. The van der Waals surface area contributed by atoms with Crippen molar-refractivity contribution < 1.29 is 9.47 Å². The zero-order valence-electron chi connectivity index (χ0n) is 18.5. The molecule has 2 aliphatic heterocycles. The fourth-order valence-electron chi connectivity index (χ4n) is 4.55. The van der Waals surface area contributed by atoms with E-state index in [1.165, 1.54) is 58.7 Å². The zero-order chi connectivity index (χ0) is 21.8. The number of benzene rings is 3. The molecule has 32 heavy (non-hydrogen) atoms. The number of thioether (sulfide) groups is 1. The van der Waals surface area contributed by atoms with Crippen LogP contribution in [0.2, 0.25) is 0 Å². The lowest BCUT2D eigenvalue weighted by Gasteiger charge is -2.24. The molecule has 164 valence electrons. The summed E-state index contributed by atoms with van der Waals surface area (Å²) in [4.78, 5) is 3.75. The number of ether oxygens (including phenoxy) is 2. The molecule has 0 saturated carbocycles. The Morgan fingerprint density at radius 2 is 1.59 bits per heavy atom. The lowest BCUT2D eigenvalue weighted by Crippen LogP contribution is -2.25. The standard InChI is InChI=1S/C28H29NO2S/c1-30-24-13-14-25-27(19-24)32-20-26(21-7-3-2-4-8-21)28(25)22-9-11-23(12-10-22)31-18-17-29-15-5-6-16-29/h2-4,7-14,19H,5-6,15-18,20H2,1H3. The third-order valence-electron chi connectivity index (χ3n) is 6.27. The highest BCUT2D eigenvalue weighted by atomic mass is 32.2. The Balaban J connectivity index is 1.44. The molecule has 0 atom stereocenters. The van der Waals surface area contributed by atoms with Crippen molar-refractivity contribution in [3.63, 3.8) is 0 Å². The first-order valence-electron chi connectivity index (χ1n) is 11.4. The molecule has 2 heterocycles. The number of fused-ring (bicyclic) bond motifs is 1. The molecule has 0 bridgehead atoms. The lowest BCUT2D eigenvalue weighted by molar-refractivity contribution is 0.238. The van der Waals surface area contributed by atoms with E-state index in [1.54, 1.807) is 7.11 Å². The summed E-state index contributed by atoms with van der Waals surface area (Å²) >= 11 is 1.88. The van der Waals surface area contributed by atoms with E-state index in [0.717, 1.165) is 30.4 Å². The maximum absolute atomic E-state index is 6.04. The summed E-state index contributed by atoms with van der Waals surface area (Å²) in [5, 5.41) is 0. The minimum Gasteiger partial charge on any atom is -0.497 e. The van der Waals surface area contributed by atoms with Crippen molar-refractivity contribution in [3.05, 3.63) is 89.5 Å². The molecular weight excluding hydrogens is 414 g/mol. The van der Waals surface area contributed by atoms with Gasteiger partial charge < -0.3 is 9.47 Å². The van der Waals surface area contributed by atoms with Crippen LogP contribution >= 0.6 is 11.8 Å². The topological polar surface area (TPSA) is 21.7 Å². The first-order valence-corrected chi connectivity index (χ1v) is 12.4. The van der Waals surface area contributed by atoms with Gasteiger partial charge in [0.25, 0.3) is 0 Å². The van der Waals surface area contributed by atoms with E-state index in [9.17, 15) is 0 Å². The van der Waals surface area contributed by atoms with Crippen LogP contribution in [-0.2, 0) is 0 Å². The summed E-state index contributed by atoms with van der Waals surface area (Å²) in [6, 6.07) is 25.8. The first kappa shape index (κ1) is 21.2. The van der Waals surface area contributed by atoms with Gasteiger partial charge in [-0.15, -0.1) is 11.8 Å². The van der Waals surface area contributed by atoms with Crippen LogP contribution in [0.3, 0.4) is 0 Å². The van der Waals surface area contributed by atoms with Crippen molar-refractivity contribution in [1.82, 2.24) is 4.90 Å². The van der Waals surface area contributed by atoms with Crippen LogP contribution in [0.1, 0.15) is 29.5 Å². The molecule has 0 unspecified atom stereocenters. The minimum absolute atomic E-state index is 0.747. The average molecular weight is 444 g/mol. The van der Waals surface area contributed by atoms with Crippen molar-refractivity contribution in [3.8, 4) is 11.5 Å². The third kappa shape index (κ3) is 4.57. The molecule has 0 aliphatic carbocycles. The Morgan fingerprint density at radius 3 is 2.34 bits per heavy atom. The second kappa shape index (κ2) is 9.85. The van der Waals surface area contributed by atoms with Crippen LogP contribution < -0.4 is 9.47 Å². The second-order valence-electron chi connectivity index (χ2n) is 8.29. The van der Waals surface area contributed by atoms with Gasteiger partial charge in [0.2, 0.25) is 0 Å². The van der Waals surface area contributed by atoms with E-state index in [0.29, 0.717) is 0 Å². The molecule has 0 amide bonds. The second-order valence-corrected chi connectivity index (χ2v) is 9.31. The van der Waals surface area contributed by atoms with Gasteiger partial charge in [-0.1, -0.05) is 42.5 Å². The quantitative estimate of drug-likeness (QED) is 0.431. The molecule has 3 nitrogen and oxygen atoms in total. The summed E-state index contributed by atoms with van der Waals surface area (Å²) in [5.41, 5.74) is 6.45. The summed E-state index contributed by atoms with van der Waals surface area (Å²) in [5.74, 6) is 2.78. The van der Waals surface area contributed by atoms with Gasteiger partial charge in [0, 0.05) is 17.2 Å². The number of methoxy groups -OCH3 is 1. The SMILES string of the molecule is COc1ccc2c(c1)SCC(c1ccccc1)=C2c1ccc(OCCN2CCCC2)cc1. The summed E-state index contributed by atoms with van der Waals surface area (Å²) in [6.45, 7) is 4.18. The lowest BCUT2D eigenvalue weighted by atomic mass is 9.89. The number of hydrogen-bond acceptors (Lipinski definition) is 4. The fraction of sp³-hybridized carbons (Fsp3) is 0.286. The monoisotopic (exact) mass is 443 g/mol. The highest BCUT2D eigenvalue weighted by molar-refractivity contribution is 7.99. The van der Waals surface area contributed by atoms with Gasteiger partial charge in [-0.2, -0.15) is 0 Å². The Labute approximate surface area is 195 Å². The Kier molecular flexibility index (Phi) is 6.51. The van der Waals surface area contributed by atoms with Gasteiger partial charge >= 0.3 is 0 Å². The van der Waals surface area contributed by atoms with E-state index in [2.05, 4.69) is 77.7 Å². The van der Waals surface area contributed by atoms with Crippen LogP contribution in [0.5, 0.6) is 11.5 Å². The van der Waals surface area contributed by atoms with Crippen molar-refractivity contribution in [2.24, 2.45) is 0 Å². The number of rotatable bonds is 7. The highest BCUT2D eigenvalue weighted by Crippen LogP contribution is 2.45. The minimum atomic E-state index is 0.747. The van der Waals surface area contributed by atoms with Crippen LogP contribution in [0.15, 0.2) is 77.7 Å². The van der Waals surface area contributed by atoms with Crippen LogP contribution in [0.4, 0.5) is 0 Å². The molecule has 3 aromatic carbocycles. The highest BCUT2D eigenvalue weighted by Gasteiger charge is 2.22. The Hall–Kier alpha value is -2.69. The van der Waals surface area contributed by atoms with Gasteiger partial charge in [-0.05, 0) is 84.1 Å². The Morgan fingerprint density at radius 1 is 0.844 bits per heavy atom. The molecule has 0 N–H and O–H groups in total. The van der Waals surface area contributed by atoms with E-state index in [-0.39, 0.29) is 0 Å². The number of likely N-dealkylation sites (tertiary alicyclic amines) is 1. The molecule has 2 aliphatic rings. The van der Waals surface area contributed by atoms with Crippen molar-refractivity contribution >= 4 is 22.9 Å². The van der Waals surface area contributed by atoms with E-state index < -0.39 is 0 Å². The maximum atomic E-state index is 6.04. The van der Waals surface area contributed by atoms with Crippen LogP contribution in [0.25, 0.3) is 11.1 Å². The zero-order valence-corrected chi connectivity index (χ0v) is 19.4. The number of nitrogens with zero attached hydrogens (tertiary/aromatic N) is 1. The molecule has 0 aromatic heterocycles. The Bertz CT molecular complexity index is 1090. The van der Waals surface area contributed by atoms with Crippen molar-refractivity contribution in [2.45, 2.75) is 17.7 Å². The summed E-state index contributed by atoms with van der Waals surface area (Å²) < 4.78 is 11.5. The average Bonchev–Trinajstić information content (AvgIpc) is 3.37. The van der Waals surface area contributed by atoms with Gasteiger partial charge in [0.05, 0.1) is 7.11 Å². The summed E-state index contributed by atoms with van der Waals surface area (Å²) in [7, 11) is 1.73. The third-order valence-corrected chi connectivity index (χ3v) is 7.35. The van der Waals surface area contributed by atoms with E-state index >= 15 is 0 Å².